The summed E-state index contributed by atoms with van der Waals surface area (Å²) in [6.45, 7) is 2.77. The van der Waals surface area contributed by atoms with Crippen LogP contribution in [0, 0.1) is 0 Å². The average molecular weight is 341 g/mol. The Labute approximate surface area is 145 Å². The zero-order chi connectivity index (χ0) is 16.6. The van der Waals surface area contributed by atoms with Gasteiger partial charge < -0.3 is 14.8 Å². The molecule has 0 saturated carbocycles. The maximum atomic E-state index is 5.88. The predicted molar refractivity (Wildman–Crippen MR) is 96.6 cm³/mol. The maximum absolute atomic E-state index is 5.88. The number of aromatic nitrogens is 2. The van der Waals surface area contributed by atoms with Crippen LogP contribution in [0.15, 0.2) is 54.2 Å². The fourth-order valence-electron chi connectivity index (χ4n) is 2.02. The monoisotopic (exact) mass is 341 g/mol. The summed E-state index contributed by atoms with van der Waals surface area (Å²) in [7, 11) is 0. The number of unbranched alkanes of at least 4 members (excludes halogenated alkanes) is 1. The normalized spacial score (nSPS) is 10.4. The van der Waals surface area contributed by atoms with Crippen LogP contribution in [-0.2, 0) is 0 Å². The summed E-state index contributed by atoms with van der Waals surface area (Å²) < 4.78 is 11.7. The molecular weight excluding hydrogens is 322 g/mol. The minimum absolute atomic E-state index is 0.636. The van der Waals surface area contributed by atoms with Crippen molar-refractivity contribution in [1.29, 1.82) is 0 Å². The van der Waals surface area contributed by atoms with Gasteiger partial charge in [0.1, 0.15) is 11.5 Å². The van der Waals surface area contributed by atoms with Gasteiger partial charge in [0, 0.05) is 17.6 Å². The van der Waals surface area contributed by atoms with E-state index < -0.39 is 0 Å². The smallest absolute Gasteiger partial charge is 0.188 e. The third-order valence-electron chi connectivity index (χ3n) is 3.22. The second-order valence-electron chi connectivity index (χ2n) is 5.10. The van der Waals surface area contributed by atoms with E-state index in [1.807, 2.05) is 41.8 Å². The second kappa shape index (κ2) is 8.31. The van der Waals surface area contributed by atoms with E-state index in [9.17, 15) is 0 Å². The van der Waals surface area contributed by atoms with Gasteiger partial charge in [-0.2, -0.15) is 0 Å². The van der Waals surface area contributed by atoms with E-state index in [2.05, 4.69) is 22.2 Å². The minimum Gasteiger partial charge on any atom is -0.490 e. The zero-order valence-electron chi connectivity index (χ0n) is 13.4. The molecule has 0 aliphatic heterocycles. The first-order chi connectivity index (χ1) is 11.8. The van der Waals surface area contributed by atoms with Gasteiger partial charge in [-0.25, -0.2) is 9.97 Å². The van der Waals surface area contributed by atoms with Crippen LogP contribution in [0.2, 0.25) is 0 Å². The lowest BCUT2D eigenvalue weighted by molar-refractivity contribution is 0.308. The highest BCUT2D eigenvalue weighted by atomic mass is 32.1. The van der Waals surface area contributed by atoms with Crippen LogP contribution in [-0.4, -0.2) is 16.6 Å². The lowest BCUT2D eigenvalue weighted by atomic mass is 10.3. The van der Waals surface area contributed by atoms with Crippen molar-refractivity contribution >= 4 is 22.3 Å². The molecular formula is C18H19N3O2S. The Bertz CT molecular complexity index is 748. The van der Waals surface area contributed by atoms with E-state index in [1.165, 1.54) is 11.3 Å². The molecule has 6 heteroatoms. The van der Waals surface area contributed by atoms with Crippen molar-refractivity contribution < 1.29 is 9.47 Å². The molecule has 0 saturated heterocycles. The van der Waals surface area contributed by atoms with Crippen molar-refractivity contribution in [2.45, 2.75) is 19.8 Å². The highest BCUT2D eigenvalue weighted by Gasteiger charge is 2.10. The van der Waals surface area contributed by atoms with Crippen molar-refractivity contribution in [3.63, 3.8) is 0 Å². The van der Waals surface area contributed by atoms with Gasteiger partial charge in [0.2, 0.25) is 0 Å². The van der Waals surface area contributed by atoms with E-state index in [1.54, 1.807) is 12.4 Å². The van der Waals surface area contributed by atoms with Crippen molar-refractivity contribution in [1.82, 2.24) is 9.97 Å². The molecule has 3 aromatic rings. The second-order valence-corrected chi connectivity index (χ2v) is 5.99. The largest absolute Gasteiger partial charge is 0.490 e. The van der Waals surface area contributed by atoms with E-state index in [0.717, 1.165) is 23.7 Å². The van der Waals surface area contributed by atoms with Crippen LogP contribution in [0.4, 0.5) is 10.9 Å². The average Bonchev–Trinajstić information content (AvgIpc) is 3.11. The first kappa shape index (κ1) is 16.3. The van der Waals surface area contributed by atoms with Crippen LogP contribution >= 0.6 is 11.3 Å². The lowest BCUT2D eigenvalue weighted by Crippen LogP contribution is -2.02. The van der Waals surface area contributed by atoms with Crippen molar-refractivity contribution in [3.8, 4) is 17.2 Å². The van der Waals surface area contributed by atoms with E-state index >= 15 is 0 Å². The number of benzene rings is 1. The molecule has 3 rings (SSSR count). The topological polar surface area (TPSA) is 56.3 Å². The van der Waals surface area contributed by atoms with Crippen LogP contribution in [0.1, 0.15) is 19.8 Å². The summed E-state index contributed by atoms with van der Waals surface area (Å²) >= 11 is 1.51. The molecule has 2 heterocycles. The van der Waals surface area contributed by atoms with Crippen LogP contribution in [0.3, 0.4) is 0 Å². The number of hydrogen-bond acceptors (Lipinski definition) is 6. The third-order valence-corrected chi connectivity index (χ3v) is 3.91. The number of ether oxygens (including phenoxy) is 2. The molecule has 0 unspecified atom stereocenters. The Kier molecular flexibility index (Phi) is 5.63. The molecule has 0 amide bonds. The molecule has 2 aromatic heterocycles. The Morgan fingerprint density at radius 1 is 1.12 bits per heavy atom. The SMILES string of the molecule is CCCCOc1cc(Oc2ccccc2)cnc1Nc1nccs1. The quantitative estimate of drug-likeness (QED) is 0.567. The summed E-state index contributed by atoms with van der Waals surface area (Å²) in [5.41, 5.74) is 0. The Balaban J connectivity index is 1.79. The lowest BCUT2D eigenvalue weighted by Gasteiger charge is -2.13. The van der Waals surface area contributed by atoms with Crippen LogP contribution < -0.4 is 14.8 Å². The zero-order valence-corrected chi connectivity index (χ0v) is 14.3. The molecule has 0 aliphatic rings. The molecule has 0 spiro atoms. The minimum atomic E-state index is 0.636. The highest BCUT2D eigenvalue weighted by molar-refractivity contribution is 7.13. The van der Waals surface area contributed by atoms with Gasteiger partial charge in [-0.3, -0.25) is 0 Å². The molecule has 24 heavy (non-hydrogen) atoms. The number of pyridine rings is 1. The predicted octanol–water partition coefficient (Wildman–Crippen LogP) is 5.25. The molecule has 0 radical (unpaired) electrons. The number of anilines is 2. The van der Waals surface area contributed by atoms with Gasteiger partial charge in [-0.1, -0.05) is 31.5 Å². The first-order valence-electron chi connectivity index (χ1n) is 7.87. The summed E-state index contributed by atoms with van der Waals surface area (Å²) in [5, 5.41) is 5.87. The van der Waals surface area contributed by atoms with Crippen LogP contribution in [0.5, 0.6) is 17.2 Å². The van der Waals surface area contributed by atoms with Gasteiger partial charge in [0.15, 0.2) is 16.7 Å². The van der Waals surface area contributed by atoms with Gasteiger partial charge in [-0.05, 0) is 18.6 Å². The summed E-state index contributed by atoms with van der Waals surface area (Å²) in [4.78, 5) is 8.65. The molecule has 0 bridgehead atoms. The molecule has 0 atom stereocenters. The fraction of sp³-hybridized carbons (Fsp3) is 0.222. The summed E-state index contributed by atoms with van der Waals surface area (Å²) in [5.74, 6) is 2.70. The fourth-order valence-corrected chi connectivity index (χ4v) is 2.55. The van der Waals surface area contributed by atoms with E-state index in [4.69, 9.17) is 9.47 Å². The van der Waals surface area contributed by atoms with Gasteiger partial charge in [0.05, 0.1) is 12.8 Å². The Morgan fingerprint density at radius 3 is 2.75 bits per heavy atom. The molecule has 124 valence electrons. The highest BCUT2D eigenvalue weighted by Crippen LogP contribution is 2.32. The number of nitrogens with zero attached hydrogens (tertiary/aromatic N) is 2. The van der Waals surface area contributed by atoms with Crippen molar-refractivity contribution in [2.75, 3.05) is 11.9 Å². The Hall–Kier alpha value is -2.60. The molecule has 0 aliphatic carbocycles. The number of nitrogens with one attached hydrogen (secondary N) is 1. The standard InChI is InChI=1S/C18H19N3O2S/c1-2-3-10-22-16-12-15(23-14-7-5-4-6-8-14)13-20-17(16)21-18-19-9-11-24-18/h4-9,11-13H,2-3,10H2,1H3,(H,19,20,21). The number of thiazole rings is 1. The van der Waals surface area contributed by atoms with E-state index in [-0.39, 0.29) is 0 Å². The first-order valence-corrected chi connectivity index (χ1v) is 8.75. The summed E-state index contributed by atoms with van der Waals surface area (Å²) in [6, 6.07) is 11.5. The molecule has 1 N–H and O–H groups in total. The summed E-state index contributed by atoms with van der Waals surface area (Å²) in [6.07, 6.45) is 5.48. The van der Waals surface area contributed by atoms with Gasteiger partial charge >= 0.3 is 0 Å². The molecule has 5 nitrogen and oxygen atoms in total. The van der Waals surface area contributed by atoms with E-state index in [0.29, 0.717) is 23.9 Å². The van der Waals surface area contributed by atoms with Crippen molar-refractivity contribution in [3.05, 3.63) is 54.2 Å². The van der Waals surface area contributed by atoms with Crippen molar-refractivity contribution in [2.24, 2.45) is 0 Å². The van der Waals surface area contributed by atoms with Gasteiger partial charge in [-0.15, -0.1) is 11.3 Å². The molecule has 1 aromatic carbocycles. The third kappa shape index (κ3) is 4.45. The number of rotatable bonds is 8. The number of hydrogen-bond donors (Lipinski definition) is 1. The number of para-hydroxylation sites is 1. The van der Waals surface area contributed by atoms with Crippen LogP contribution in [0.25, 0.3) is 0 Å². The maximum Gasteiger partial charge on any atom is 0.188 e. The van der Waals surface area contributed by atoms with Gasteiger partial charge in [0.25, 0.3) is 0 Å². The molecule has 0 fully saturated rings. The Morgan fingerprint density at radius 2 is 2.00 bits per heavy atom.